The standard InChI is InChI=1S/C19H26N2O2/c1-3-14-7-6-10-16(13-14)21-17(22)11-12-19(21,2)18(23)20-15-8-4-5-9-15/h6-7,10,13,15H,3-5,8-9,11-12H2,1-2H3,(H,20,23). The Morgan fingerprint density at radius 1 is 1.35 bits per heavy atom. The second-order valence-corrected chi connectivity index (χ2v) is 6.98. The van der Waals surface area contributed by atoms with Gasteiger partial charge in [-0.3, -0.25) is 14.5 Å². The van der Waals surface area contributed by atoms with Crippen LogP contribution in [0.4, 0.5) is 5.69 Å². The first kappa shape index (κ1) is 16.0. The van der Waals surface area contributed by atoms with Crippen molar-refractivity contribution in [2.24, 2.45) is 0 Å². The molecule has 2 amide bonds. The molecule has 0 bridgehead atoms. The van der Waals surface area contributed by atoms with Gasteiger partial charge in [0.2, 0.25) is 11.8 Å². The molecule has 1 saturated carbocycles. The molecule has 1 saturated heterocycles. The molecule has 0 radical (unpaired) electrons. The van der Waals surface area contributed by atoms with Crippen LogP contribution in [0.15, 0.2) is 24.3 Å². The van der Waals surface area contributed by atoms with Crippen LogP contribution in [0.1, 0.15) is 57.9 Å². The van der Waals surface area contributed by atoms with Crippen molar-refractivity contribution in [3.63, 3.8) is 0 Å². The van der Waals surface area contributed by atoms with Crippen LogP contribution < -0.4 is 10.2 Å². The summed E-state index contributed by atoms with van der Waals surface area (Å²) in [5.74, 6) is 0.0412. The van der Waals surface area contributed by atoms with E-state index in [1.807, 2.05) is 25.1 Å². The lowest BCUT2D eigenvalue weighted by Crippen LogP contribution is -2.56. The average molecular weight is 314 g/mol. The molecule has 0 aromatic heterocycles. The van der Waals surface area contributed by atoms with E-state index < -0.39 is 5.54 Å². The number of carbonyl (C=O) groups excluding carboxylic acids is 2. The van der Waals surface area contributed by atoms with Crippen molar-refractivity contribution in [3.05, 3.63) is 29.8 Å². The number of hydrogen-bond donors (Lipinski definition) is 1. The fraction of sp³-hybridized carbons (Fsp3) is 0.579. The number of carbonyl (C=O) groups is 2. The van der Waals surface area contributed by atoms with Crippen LogP contribution in [0.3, 0.4) is 0 Å². The Hall–Kier alpha value is -1.84. The number of aryl methyl sites for hydroxylation is 1. The summed E-state index contributed by atoms with van der Waals surface area (Å²) in [4.78, 5) is 27.1. The largest absolute Gasteiger partial charge is 0.351 e. The van der Waals surface area contributed by atoms with E-state index in [0.717, 1.165) is 24.9 Å². The minimum Gasteiger partial charge on any atom is -0.351 e. The van der Waals surface area contributed by atoms with Crippen LogP contribution in [0.5, 0.6) is 0 Å². The summed E-state index contributed by atoms with van der Waals surface area (Å²) in [6.07, 6.45) is 6.42. The molecule has 1 N–H and O–H groups in total. The molecule has 1 atom stereocenters. The molecule has 1 unspecified atom stereocenters. The molecule has 3 rings (SSSR count). The Morgan fingerprint density at radius 3 is 2.78 bits per heavy atom. The smallest absolute Gasteiger partial charge is 0.246 e. The molecule has 0 spiro atoms. The van der Waals surface area contributed by atoms with Crippen LogP contribution in [-0.4, -0.2) is 23.4 Å². The first-order valence-corrected chi connectivity index (χ1v) is 8.77. The van der Waals surface area contributed by atoms with Crippen molar-refractivity contribution in [1.29, 1.82) is 0 Å². The Bertz CT molecular complexity index is 607. The number of nitrogens with zero attached hydrogens (tertiary/aromatic N) is 1. The summed E-state index contributed by atoms with van der Waals surface area (Å²) < 4.78 is 0. The average Bonchev–Trinajstić information content (AvgIpc) is 3.16. The molecule has 4 heteroatoms. The van der Waals surface area contributed by atoms with E-state index in [1.165, 1.54) is 18.4 Å². The lowest BCUT2D eigenvalue weighted by atomic mass is 9.96. The number of amides is 2. The van der Waals surface area contributed by atoms with Crippen LogP contribution in [0.2, 0.25) is 0 Å². The second kappa shape index (κ2) is 6.34. The van der Waals surface area contributed by atoms with Crippen LogP contribution in [0, 0.1) is 0 Å². The highest BCUT2D eigenvalue weighted by molar-refractivity contribution is 6.06. The van der Waals surface area contributed by atoms with Gasteiger partial charge in [-0.1, -0.05) is 31.9 Å². The third-order valence-electron chi connectivity index (χ3n) is 5.33. The number of nitrogens with one attached hydrogen (secondary N) is 1. The van der Waals surface area contributed by atoms with E-state index in [1.54, 1.807) is 4.90 Å². The van der Waals surface area contributed by atoms with Crippen molar-refractivity contribution in [2.75, 3.05) is 4.90 Å². The van der Waals surface area contributed by atoms with Gasteiger partial charge in [-0.05, 0) is 50.3 Å². The highest BCUT2D eigenvalue weighted by Crippen LogP contribution is 2.36. The Balaban J connectivity index is 1.86. The zero-order valence-electron chi connectivity index (χ0n) is 14.1. The van der Waals surface area contributed by atoms with Gasteiger partial charge in [0.15, 0.2) is 0 Å². The summed E-state index contributed by atoms with van der Waals surface area (Å²) in [5.41, 5.74) is 1.25. The Morgan fingerprint density at radius 2 is 2.09 bits per heavy atom. The second-order valence-electron chi connectivity index (χ2n) is 6.98. The van der Waals surface area contributed by atoms with Crippen molar-refractivity contribution in [3.8, 4) is 0 Å². The van der Waals surface area contributed by atoms with Gasteiger partial charge in [0.1, 0.15) is 5.54 Å². The van der Waals surface area contributed by atoms with Gasteiger partial charge in [0.25, 0.3) is 0 Å². The maximum atomic E-state index is 12.9. The third-order valence-corrected chi connectivity index (χ3v) is 5.33. The van der Waals surface area contributed by atoms with E-state index >= 15 is 0 Å². The number of benzene rings is 1. The summed E-state index contributed by atoms with van der Waals surface area (Å²) >= 11 is 0. The van der Waals surface area contributed by atoms with Crippen molar-refractivity contribution >= 4 is 17.5 Å². The number of anilines is 1. The van der Waals surface area contributed by atoms with Gasteiger partial charge in [-0.25, -0.2) is 0 Å². The fourth-order valence-electron chi connectivity index (χ4n) is 3.82. The molecule has 124 valence electrons. The minimum atomic E-state index is -0.772. The van der Waals surface area contributed by atoms with Crippen molar-refractivity contribution < 1.29 is 9.59 Å². The van der Waals surface area contributed by atoms with Crippen LogP contribution in [-0.2, 0) is 16.0 Å². The van der Waals surface area contributed by atoms with Crippen LogP contribution >= 0.6 is 0 Å². The summed E-state index contributed by atoms with van der Waals surface area (Å²) in [6.45, 7) is 4.00. The topological polar surface area (TPSA) is 49.4 Å². The Kier molecular flexibility index (Phi) is 4.42. The lowest BCUT2D eigenvalue weighted by Gasteiger charge is -2.35. The van der Waals surface area contributed by atoms with Gasteiger partial charge in [-0.2, -0.15) is 0 Å². The molecule has 1 aliphatic heterocycles. The molecule has 4 nitrogen and oxygen atoms in total. The Labute approximate surface area is 138 Å². The van der Waals surface area contributed by atoms with Gasteiger partial charge in [-0.15, -0.1) is 0 Å². The van der Waals surface area contributed by atoms with Gasteiger partial charge in [0.05, 0.1) is 0 Å². The first-order chi connectivity index (χ1) is 11.0. The van der Waals surface area contributed by atoms with Gasteiger partial charge in [0, 0.05) is 18.2 Å². The predicted octanol–water partition coefficient (Wildman–Crippen LogP) is 3.19. The van der Waals surface area contributed by atoms with E-state index in [2.05, 4.69) is 18.3 Å². The van der Waals surface area contributed by atoms with E-state index in [0.29, 0.717) is 12.8 Å². The summed E-state index contributed by atoms with van der Waals surface area (Å²) in [6, 6.07) is 8.27. The van der Waals surface area contributed by atoms with Gasteiger partial charge >= 0.3 is 0 Å². The SMILES string of the molecule is CCc1cccc(N2C(=O)CCC2(C)C(=O)NC2CCCC2)c1. The molecule has 2 aliphatic rings. The molecule has 1 aromatic carbocycles. The molecule has 23 heavy (non-hydrogen) atoms. The lowest BCUT2D eigenvalue weighted by molar-refractivity contribution is -0.127. The van der Waals surface area contributed by atoms with E-state index in [9.17, 15) is 9.59 Å². The van der Waals surface area contributed by atoms with Crippen LogP contribution in [0.25, 0.3) is 0 Å². The third kappa shape index (κ3) is 2.99. The monoisotopic (exact) mass is 314 g/mol. The minimum absolute atomic E-state index is 0.00264. The maximum absolute atomic E-state index is 12.9. The van der Waals surface area contributed by atoms with Crippen molar-refractivity contribution in [2.45, 2.75) is 70.4 Å². The van der Waals surface area contributed by atoms with E-state index in [-0.39, 0.29) is 17.9 Å². The normalized spacial score (nSPS) is 25.1. The molecular weight excluding hydrogens is 288 g/mol. The maximum Gasteiger partial charge on any atom is 0.246 e. The van der Waals surface area contributed by atoms with Gasteiger partial charge < -0.3 is 5.32 Å². The van der Waals surface area contributed by atoms with E-state index in [4.69, 9.17) is 0 Å². The fourth-order valence-corrected chi connectivity index (χ4v) is 3.82. The highest BCUT2D eigenvalue weighted by Gasteiger charge is 2.48. The summed E-state index contributed by atoms with van der Waals surface area (Å²) in [7, 11) is 0. The highest BCUT2D eigenvalue weighted by atomic mass is 16.2. The number of hydrogen-bond acceptors (Lipinski definition) is 2. The first-order valence-electron chi connectivity index (χ1n) is 8.77. The molecule has 2 fully saturated rings. The van der Waals surface area contributed by atoms with Crippen molar-refractivity contribution in [1.82, 2.24) is 5.32 Å². The molecule has 1 aromatic rings. The zero-order valence-corrected chi connectivity index (χ0v) is 14.1. The molecule has 1 heterocycles. The molecule has 1 aliphatic carbocycles. The predicted molar refractivity (Wildman–Crippen MR) is 91.3 cm³/mol. The quantitative estimate of drug-likeness (QED) is 0.928. The molecular formula is C19H26N2O2. The number of rotatable bonds is 4. The summed E-state index contributed by atoms with van der Waals surface area (Å²) in [5, 5.41) is 3.18. The zero-order chi connectivity index (χ0) is 16.4.